The highest BCUT2D eigenvalue weighted by Gasteiger charge is 2.06. The van der Waals surface area contributed by atoms with Crippen LogP contribution in [0.15, 0.2) is 28.7 Å². The first-order chi connectivity index (χ1) is 10.1. The first kappa shape index (κ1) is 15.8. The molecule has 0 saturated heterocycles. The van der Waals surface area contributed by atoms with E-state index < -0.39 is 0 Å². The predicted molar refractivity (Wildman–Crippen MR) is 89.9 cm³/mol. The summed E-state index contributed by atoms with van der Waals surface area (Å²) in [5.74, 6) is 0.701. The molecule has 1 aromatic carbocycles. The van der Waals surface area contributed by atoms with Crippen LogP contribution in [-0.4, -0.2) is 17.3 Å². The number of halogens is 1. The Morgan fingerprint density at radius 3 is 2.95 bits per heavy atom. The Morgan fingerprint density at radius 1 is 1.52 bits per heavy atom. The quantitative estimate of drug-likeness (QED) is 0.617. The predicted octanol–water partition coefficient (Wildman–Crippen LogP) is 4.73. The summed E-state index contributed by atoms with van der Waals surface area (Å²) in [4.78, 5) is 4.26. The minimum atomic E-state index is 0.150. The SMILES string of the molecule is CCC(C)Oc1ccc(C=NNc2nc(C)cs2)cc1Cl. The Balaban J connectivity index is 1.99. The molecular weight excluding hydrogens is 306 g/mol. The van der Waals surface area contributed by atoms with Gasteiger partial charge in [-0.15, -0.1) is 11.3 Å². The lowest BCUT2D eigenvalue weighted by Crippen LogP contribution is -2.10. The second-order valence-corrected chi connectivity index (χ2v) is 5.96. The molecular formula is C15H18ClN3OS. The monoisotopic (exact) mass is 323 g/mol. The third kappa shape index (κ3) is 4.72. The van der Waals surface area contributed by atoms with Gasteiger partial charge in [0, 0.05) is 5.38 Å². The van der Waals surface area contributed by atoms with Gasteiger partial charge in [-0.3, -0.25) is 5.43 Å². The van der Waals surface area contributed by atoms with Crippen LogP contribution in [0.1, 0.15) is 31.5 Å². The van der Waals surface area contributed by atoms with E-state index >= 15 is 0 Å². The lowest BCUT2D eigenvalue weighted by molar-refractivity contribution is 0.217. The molecule has 1 atom stereocenters. The molecule has 0 radical (unpaired) electrons. The Kier molecular flexibility index (Phi) is 5.59. The molecule has 6 heteroatoms. The number of hydrogen-bond acceptors (Lipinski definition) is 5. The maximum Gasteiger partial charge on any atom is 0.203 e. The average Bonchev–Trinajstić information content (AvgIpc) is 2.87. The molecule has 4 nitrogen and oxygen atoms in total. The zero-order valence-corrected chi connectivity index (χ0v) is 13.8. The maximum absolute atomic E-state index is 6.21. The summed E-state index contributed by atoms with van der Waals surface area (Å²) in [5, 5.41) is 7.47. The van der Waals surface area contributed by atoms with Crippen molar-refractivity contribution in [3.63, 3.8) is 0 Å². The number of hydrogen-bond donors (Lipinski definition) is 1. The van der Waals surface area contributed by atoms with Gasteiger partial charge in [0.15, 0.2) is 0 Å². The molecule has 0 saturated carbocycles. The Bertz CT molecular complexity index is 627. The zero-order chi connectivity index (χ0) is 15.2. The maximum atomic E-state index is 6.21. The molecule has 0 aliphatic carbocycles. The Hall–Kier alpha value is -1.59. The summed E-state index contributed by atoms with van der Waals surface area (Å²) in [5.41, 5.74) is 4.77. The van der Waals surface area contributed by atoms with Gasteiger partial charge in [-0.1, -0.05) is 18.5 Å². The van der Waals surface area contributed by atoms with Crippen molar-refractivity contribution in [2.45, 2.75) is 33.3 Å². The summed E-state index contributed by atoms with van der Waals surface area (Å²) in [7, 11) is 0. The number of rotatable bonds is 6. The molecule has 0 aliphatic rings. The number of nitrogens with one attached hydrogen (secondary N) is 1. The number of thiazole rings is 1. The highest BCUT2D eigenvalue weighted by Crippen LogP contribution is 2.26. The minimum absolute atomic E-state index is 0.150. The van der Waals surface area contributed by atoms with Crippen LogP contribution in [0.2, 0.25) is 5.02 Å². The van der Waals surface area contributed by atoms with E-state index in [0.29, 0.717) is 10.8 Å². The van der Waals surface area contributed by atoms with Crippen molar-refractivity contribution < 1.29 is 4.74 Å². The smallest absolute Gasteiger partial charge is 0.203 e. The summed E-state index contributed by atoms with van der Waals surface area (Å²) in [6.45, 7) is 6.04. The van der Waals surface area contributed by atoms with Crippen LogP contribution in [0.5, 0.6) is 5.75 Å². The summed E-state index contributed by atoms with van der Waals surface area (Å²) >= 11 is 7.73. The highest BCUT2D eigenvalue weighted by molar-refractivity contribution is 7.13. The lowest BCUT2D eigenvalue weighted by Gasteiger charge is -2.13. The van der Waals surface area contributed by atoms with Gasteiger partial charge in [-0.05, 0) is 44.0 Å². The third-order valence-electron chi connectivity index (χ3n) is 2.85. The standard InChI is InChI=1S/C15H18ClN3OS/c1-4-11(3)20-14-6-5-12(7-13(14)16)8-17-19-15-18-10(2)9-21-15/h5-9,11H,4H2,1-3H3,(H,18,19). The molecule has 0 amide bonds. The number of nitrogens with zero attached hydrogens (tertiary/aromatic N) is 2. The van der Waals surface area contributed by atoms with Crippen LogP contribution in [0, 0.1) is 6.92 Å². The van der Waals surface area contributed by atoms with Crippen molar-refractivity contribution in [2.75, 3.05) is 5.43 Å². The van der Waals surface area contributed by atoms with Crippen LogP contribution in [0.25, 0.3) is 0 Å². The van der Waals surface area contributed by atoms with Gasteiger partial charge in [0.25, 0.3) is 0 Å². The van der Waals surface area contributed by atoms with E-state index in [1.165, 1.54) is 11.3 Å². The van der Waals surface area contributed by atoms with Crippen LogP contribution < -0.4 is 10.2 Å². The minimum Gasteiger partial charge on any atom is -0.489 e. The van der Waals surface area contributed by atoms with E-state index in [-0.39, 0.29) is 6.10 Å². The number of aryl methyl sites for hydroxylation is 1. The topological polar surface area (TPSA) is 46.5 Å². The molecule has 1 aromatic heterocycles. The van der Waals surface area contributed by atoms with E-state index in [1.54, 1.807) is 6.21 Å². The molecule has 0 bridgehead atoms. The number of anilines is 1. The van der Waals surface area contributed by atoms with Gasteiger partial charge < -0.3 is 4.74 Å². The van der Waals surface area contributed by atoms with Crippen molar-refractivity contribution in [3.8, 4) is 5.75 Å². The van der Waals surface area contributed by atoms with E-state index in [1.807, 2.05) is 37.4 Å². The molecule has 0 aliphatic heterocycles. The van der Waals surface area contributed by atoms with Crippen LogP contribution in [0.4, 0.5) is 5.13 Å². The number of hydrazone groups is 1. The fourth-order valence-corrected chi connectivity index (χ4v) is 2.43. The largest absolute Gasteiger partial charge is 0.489 e. The second kappa shape index (κ2) is 7.43. The molecule has 21 heavy (non-hydrogen) atoms. The van der Waals surface area contributed by atoms with Crippen LogP contribution in [0.3, 0.4) is 0 Å². The lowest BCUT2D eigenvalue weighted by atomic mass is 10.2. The molecule has 1 unspecified atom stereocenters. The van der Waals surface area contributed by atoms with Gasteiger partial charge in [-0.2, -0.15) is 5.10 Å². The van der Waals surface area contributed by atoms with Crippen molar-refractivity contribution in [2.24, 2.45) is 5.10 Å². The summed E-state index contributed by atoms with van der Waals surface area (Å²) < 4.78 is 5.73. The van der Waals surface area contributed by atoms with Gasteiger partial charge in [0.1, 0.15) is 5.75 Å². The molecule has 2 aromatic rings. The normalized spacial score (nSPS) is 12.6. The number of aromatic nitrogens is 1. The van der Waals surface area contributed by atoms with E-state index in [9.17, 15) is 0 Å². The van der Waals surface area contributed by atoms with Gasteiger partial charge in [-0.25, -0.2) is 4.98 Å². The highest BCUT2D eigenvalue weighted by atomic mass is 35.5. The van der Waals surface area contributed by atoms with E-state index in [0.717, 1.165) is 22.8 Å². The molecule has 0 spiro atoms. The van der Waals surface area contributed by atoms with Gasteiger partial charge in [0.05, 0.1) is 23.0 Å². The van der Waals surface area contributed by atoms with Gasteiger partial charge in [0.2, 0.25) is 5.13 Å². The van der Waals surface area contributed by atoms with E-state index in [4.69, 9.17) is 16.3 Å². The van der Waals surface area contributed by atoms with E-state index in [2.05, 4.69) is 22.4 Å². The van der Waals surface area contributed by atoms with Gasteiger partial charge >= 0.3 is 0 Å². The Morgan fingerprint density at radius 2 is 2.33 bits per heavy atom. The zero-order valence-electron chi connectivity index (χ0n) is 12.3. The average molecular weight is 324 g/mol. The summed E-state index contributed by atoms with van der Waals surface area (Å²) in [6.07, 6.45) is 2.80. The fraction of sp³-hybridized carbons (Fsp3) is 0.333. The Labute approximate surface area is 133 Å². The molecule has 1 heterocycles. The first-order valence-electron chi connectivity index (χ1n) is 6.76. The third-order valence-corrected chi connectivity index (χ3v) is 4.01. The summed E-state index contributed by atoms with van der Waals surface area (Å²) in [6, 6.07) is 5.61. The van der Waals surface area contributed by atoms with Crippen molar-refractivity contribution in [1.82, 2.24) is 4.98 Å². The number of benzene rings is 1. The molecule has 1 N–H and O–H groups in total. The van der Waals surface area contributed by atoms with Crippen molar-refractivity contribution in [3.05, 3.63) is 39.9 Å². The molecule has 0 fully saturated rings. The van der Waals surface area contributed by atoms with Crippen molar-refractivity contribution >= 4 is 34.3 Å². The molecule has 2 rings (SSSR count). The van der Waals surface area contributed by atoms with Crippen LogP contribution >= 0.6 is 22.9 Å². The fourth-order valence-electron chi connectivity index (χ4n) is 1.56. The van der Waals surface area contributed by atoms with Crippen molar-refractivity contribution in [1.29, 1.82) is 0 Å². The first-order valence-corrected chi connectivity index (χ1v) is 8.01. The number of ether oxygens (including phenoxy) is 1. The van der Waals surface area contributed by atoms with Crippen LogP contribution in [-0.2, 0) is 0 Å². The second-order valence-electron chi connectivity index (χ2n) is 4.69. The molecule has 112 valence electrons.